The lowest BCUT2D eigenvalue weighted by Gasteiger charge is -2.24. The van der Waals surface area contributed by atoms with E-state index < -0.39 is 0 Å². The van der Waals surface area contributed by atoms with E-state index in [0.717, 1.165) is 52.2 Å². The minimum Gasteiger partial charge on any atom is -0.381 e. The second-order valence-electron chi connectivity index (χ2n) is 7.66. The highest BCUT2D eigenvalue weighted by atomic mass is 16.5. The van der Waals surface area contributed by atoms with Crippen LogP contribution in [0.1, 0.15) is 18.4 Å². The summed E-state index contributed by atoms with van der Waals surface area (Å²) < 4.78 is 13.1. The molecule has 7 nitrogen and oxygen atoms in total. The monoisotopic (exact) mass is 348 g/mol. The molecule has 0 unspecified atom stereocenters. The zero-order valence-corrected chi connectivity index (χ0v) is 14.9. The van der Waals surface area contributed by atoms with Crippen molar-refractivity contribution in [2.24, 2.45) is 24.8 Å². The molecule has 138 valence electrons. The molecule has 0 spiro atoms. The molecule has 3 aliphatic rings. The van der Waals surface area contributed by atoms with E-state index in [2.05, 4.69) is 15.3 Å². The molecule has 25 heavy (non-hydrogen) atoms. The minimum atomic E-state index is -0.0104. The van der Waals surface area contributed by atoms with Crippen LogP contribution < -0.4 is 5.32 Å². The van der Waals surface area contributed by atoms with Gasteiger partial charge in [-0.3, -0.25) is 14.4 Å². The molecule has 0 saturated carbocycles. The average molecular weight is 348 g/mol. The Morgan fingerprint density at radius 2 is 2.20 bits per heavy atom. The minimum absolute atomic E-state index is 0.0104. The van der Waals surface area contributed by atoms with Gasteiger partial charge < -0.3 is 14.8 Å². The number of rotatable bonds is 5. The molecule has 0 aliphatic carbocycles. The number of aromatic nitrogens is 2. The van der Waals surface area contributed by atoms with Crippen LogP contribution in [0.2, 0.25) is 0 Å². The zero-order chi connectivity index (χ0) is 17.2. The van der Waals surface area contributed by atoms with E-state index in [1.54, 1.807) is 0 Å². The number of aryl methyl sites for hydroxylation is 1. The maximum atomic E-state index is 12.6. The van der Waals surface area contributed by atoms with Gasteiger partial charge >= 0.3 is 0 Å². The molecule has 1 aromatic rings. The van der Waals surface area contributed by atoms with Crippen LogP contribution in [0.5, 0.6) is 0 Å². The van der Waals surface area contributed by atoms with Crippen LogP contribution in [0.4, 0.5) is 0 Å². The van der Waals surface area contributed by atoms with Crippen molar-refractivity contribution in [2.75, 3.05) is 39.5 Å². The lowest BCUT2D eigenvalue weighted by molar-refractivity contribution is -0.126. The highest BCUT2D eigenvalue weighted by Gasteiger charge is 2.46. The first-order valence-corrected chi connectivity index (χ1v) is 9.36. The van der Waals surface area contributed by atoms with Gasteiger partial charge in [0.05, 0.1) is 24.8 Å². The molecule has 0 aromatic carbocycles. The van der Waals surface area contributed by atoms with Crippen molar-refractivity contribution >= 4 is 5.91 Å². The fourth-order valence-electron chi connectivity index (χ4n) is 4.33. The van der Waals surface area contributed by atoms with Gasteiger partial charge in [-0.25, -0.2) is 0 Å². The van der Waals surface area contributed by atoms with Crippen molar-refractivity contribution in [1.29, 1.82) is 0 Å². The second-order valence-corrected chi connectivity index (χ2v) is 7.66. The number of hydrogen-bond acceptors (Lipinski definition) is 5. The topological polar surface area (TPSA) is 68.6 Å². The summed E-state index contributed by atoms with van der Waals surface area (Å²) in [5, 5.41) is 7.40. The van der Waals surface area contributed by atoms with Crippen LogP contribution in [0.3, 0.4) is 0 Å². The van der Waals surface area contributed by atoms with Crippen molar-refractivity contribution < 1.29 is 14.3 Å². The lowest BCUT2D eigenvalue weighted by atomic mass is 9.92. The van der Waals surface area contributed by atoms with E-state index in [1.807, 2.05) is 24.1 Å². The fraction of sp³-hybridized carbons (Fsp3) is 0.778. The van der Waals surface area contributed by atoms with E-state index in [4.69, 9.17) is 9.47 Å². The number of nitrogens with zero attached hydrogens (tertiary/aromatic N) is 3. The van der Waals surface area contributed by atoms with Crippen molar-refractivity contribution in [3.8, 4) is 0 Å². The summed E-state index contributed by atoms with van der Waals surface area (Å²) in [6, 6.07) is 0. The molecule has 4 rings (SSSR count). The van der Waals surface area contributed by atoms with Crippen molar-refractivity contribution in [2.45, 2.75) is 25.5 Å². The number of carbonyl (C=O) groups excluding carboxylic acids is 1. The molecule has 3 aliphatic heterocycles. The van der Waals surface area contributed by atoms with E-state index in [1.165, 1.54) is 5.56 Å². The van der Waals surface area contributed by atoms with E-state index in [0.29, 0.717) is 18.4 Å². The van der Waals surface area contributed by atoms with Crippen molar-refractivity contribution in [3.05, 3.63) is 18.0 Å². The molecule has 0 bridgehead atoms. The number of likely N-dealkylation sites (tertiary alicyclic amines) is 1. The maximum Gasteiger partial charge on any atom is 0.225 e. The van der Waals surface area contributed by atoms with Crippen LogP contribution in [0.25, 0.3) is 0 Å². The lowest BCUT2D eigenvalue weighted by Crippen LogP contribution is -2.39. The van der Waals surface area contributed by atoms with Crippen LogP contribution >= 0.6 is 0 Å². The number of ether oxygens (including phenoxy) is 2. The van der Waals surface area contributed by atoms with Gasteiger partial charge in [-0.05, 0) is 18.8 Å². The van der Waals surface area contributed by atoms with Gasteiger partial charge in [-0.2, -0.15) is 5.10 Å². The predicted octanol–water partition coefficient (Wildman–Crippen LogP) is 0.410. The molecule has 1 amide bonds. The number of nitrogens with one attached hydrogen (secondary N) is 1. The Bertz CT molecular complexity index is 599. The van der Waals surface area contributed by atoms with Crippen LogP contribution in [0.15, 0.2) is 12.4 Å². The molecule has 0 radical (unpaired) electrons. The summed E-state index contributed by atoms with van der Waals surface area (Å²) in [5.41, 5.74) is 1.21. The van der Waals surface area contributed by atoms with E-state index >= 15 is 0 Å². The van der Waals surface area contributed by atoms with Crippen LogP contribution in [-0.2, 0) is 27.9 Å². The number of fused-ring (bicyclic) bond motifs is 1. The number of amides is 1. The summed E-state index contributed by atoms with van der Waals surface area (Å²) in [6.45, 7) is 5.69. The Labute approximate surface area is 148 Å². The summed E-state index contributed by atoms with van der Waals surface area (Å²) in [4.78, 5) is 15.0. The van der Waals surface area contributed by atoms with E-state index in [-0.39, 0.29) is 17.9 Å². The first-order chi connectivity index (χ1) is 12.2. The summed E-state index contributed by atoms with van der Waals surface area (Å²) in [6.07, 6.45) is 6.24. The Balaban J connectivity index is 1.28. The summed E-state index contributed by atoms with van der Waals surface area (Å²) >= 11 is 0. The molecule has 7 heteroatoms. The quantitative estimate of drug-likeness (QED) is 0.835. The predicted molar refractivity (Wildman–Crippen MR) is 91.8 cm³/mol. The summed E-state index contributed by atoms with van der Waals surface area (Å²) in [7, 11) is 1.93. The third kappa shape index (κ3) is 3.88. The largest absolute Gasteiger partial charge is 0.381 e. The normalized spacial score (nSPS) is 30.5. The molecule has 1 N–H and O–H groups in total. The second kappa shape index (κ2) is 7.43. The number of carbonyl (C=O) groups is 1. The molecule has 3 saturated heterocycles. The van der Waals surface area contributed by atoms with E-state index in [9.17, 15) is 4.79 Å². The summed E-state index contributed by atoms with van der Waals surface area (Å²) in [5.74, 6) is 1.03. The van der Waals surface area contributed by atoms with Gasteiger partial charge in [0.25, 0.3) is 0 Å². The van der Waals surface area contributed by atoms with Gasteiger partial charge in [0.2, 0.25) is 5.91 Å². The Morgan fingerprint density at radius 1 is 1.36 bits per heavy atom. The molecule has 3 fully saturated rings. The Kier molecular flexibility index (Phi) is 5.05. The maximum absolute atomic E-state index is 12.6. The van der Waals surface area contributed by atoms with Gasteiger partial charge in [0.1, 0.15) is 0 Å². The Hall–Kier alpha value is -1.44. The molecular weight excluding hydrogens is 320 g/mol. The van der Waals surface area contributed by atoms with Crippen LogP contribution in [0, 0.1) is 17.8 Å². The zero-order valence-electron chi connectivity index (χ0n) is 14.9. The average Bonchev–Trinajstić information content (AvgIpc) is 3.30. The Morgan fingerprint density at radius 3 is 2.96 bits per heavy atom. The fourth-order valence-corrected chi connectivity index (χ4v) is 4.33. The molecular formula is C18H28N4O3. The highest BCUT2D eigenvalue weighted by Crippen LogP contribution is 2.34. The molecule has 1 aromatic heterocycles. The first-order valence-electron chi connectivity index (χ1n) is 9.36. The SMILES string of the molecule is Cn1cc(CN2C[C@@H]3[C@@H](C(=O)NCC4CCOCC4)CO[C@@H]3C2)cn1. The standard InChI is InChI=1S/C18H28N4O3/c1-21-8-14(7-20-21)9-22-10-15-16(12-25-17(15)11-22)18(23)19-6-13-2-4-24-5-3-13/h7-8,13,15-17H,2-6,9-12H2,1H3,(H,19,23)/t15-,16+,17-/m1/s1. The molecule has 3 atom stereocenters. The van der Waals surface area contributed by atoms with Gasteiger partial charge in [-0.15, -0.1) is 0 Å². The van der Waals surface area contributed by atoms with Crippen LogP contribution in [-0.4, -0.2) is 66.1 Å². The van der Waals surface area contributed by atoms with Gasteiger partial charge in [0.15, 0.2) is 0 Å². The van der Waals surface area contributed by atoms with Crippen molar-refractivity contribution in [3.63, 3.8) is 0 Å². The van der Waals surface area contributed by atoms with Crippen molar-refractivity contribution in [1.82, 2.24) is 20.0 Å². The highest BCUT2D eigenvalue weighted by molar-refractivity contribution is 5.79. The molecule has 4 heterocycles. The third-order valence-electron chi connectivity index (χ3n) is 5.80. The van der Waals surface area contributed by atoms with Gasteiger partial charge in [-0.1, -0.05) is 0 Å². The number of hydrogen-bond donors (Lipinski definition) is 1. The van der Waals surface area contributed by atoms with Gasteiger partial charge in [0, 0.05) is 64.1 Å². The first kappa shape index (κ1) is 17.0. The smallest absolute Gasteiger partial charge is 0.225 e. The third-order valence-corrected chi connectivity index (χ3v) is 5.80.